The molecule has 0 bridgehead atoms. The van der Waals surface area contributed by atoms with Crippen molar-refractivity contribution in [3.8, 4) is 0 Å². The van der Waals surface area contributed by atoms with Gasteiger partial charge in [0.25, 0.3) is 0 Å². The van der Waals surface area contributed by atoms with Crippen LogP contribution in [0.5, 0.6) is 0 Å². The van der Waals surface area contributed by atoms with Crippen molar-refractivity contribution in [2.24, 2.45) is 7.05 Å². The minimum atomic E-state index is 0.191. The molecule has 0 N–H and O–H groups in total. The van der Waals surface area contributed by atoms with Crippen LogP contribution in [0.1, 0.15) is 11.3 Å². The molecule has 26 heavy (non-hydrogen) atoms. The molecule has 1 aliphatic rings. The molecule has 1 fully saturated rings. The van der Waals surface area contributed by atoms with Crippen LogP contribution < -0.4 is 4.90 Å². The number of amides is 1. The van der Waals surface area contributed by atoms with E-state index in [9.17, 15) is 4.79 Å². The number of benzene rings is 1. The first-order chi connectivity index (χ1) is 12.6. The second kappa shape index (κ2) is 6.78. The zero-order valence-corrected chi connectivity index (χ0v) is 15.2. The number of hydrogen-bond acceptors (Lipinski definition) is 4. The highest BCUT2D eigenvalue weighted by Crippen LogP contribution is 2.21. The number of fused-ring (bicyclic) bond motifs is 1. The molecule has 3 aromatic rings. The third-order valence-corrected chi connectivity index (χ3v) is 5.06. The molecule has 2 aromatic heterocycles. The SMILES string of the molecule is Cc1ccc(N2CCN(C(=O)Cc3cn(C)c4ccccc34)CC2)nn1. The van der Waals surface area contributed by atoms with Crippen molar-refractivity contribution in [2.75, 3.05) is 31.1 Å². The van der Waals surface area contributed by atoms with Gasteiger partial charge < -0.3 is 14.4 Å². The van der Waals surface area contributed by atoms with Crippen LogP contribution in [0.2, 0.25) is 0 Å². The Morgan fingerprint density at radius 3 is 2.54 bits per heavy atom. The lowest BCUT2D eigenvalue weighted by atomic mass is 10.1. The van der Waals surface area contributed by atoms with Crippen molar-refractivity contribution in [1.82, 2.24) is 19.7 Å². The molecule has 3 heterocycles. The van der Waals surface area contributed by atoms with Gasteiger partial charge in [0.1, 0.15) is 0 Å². The van der Waals surface area contributed by atoms with Crippen molar-refractivity contribution < 1.29 is 4.79 Å². The summed E-state index contributed by atoms with van der Waals surface area (Å²) in [6.45, 7) is 4.96. The molecule has 0 radical (unpaired) electrons. The number of rotatable bonds is 3. The van der Waals surface area contributed by atoms with Crippen LogP contribution in [-0.2, 0) is 18.3 Å². The molecule has 134 valence electrons. The van der Waals surface area contributed by atoms with Crippen LogP contribution in [0, 0.1) is 6.92 Å². The minimum Gasteiger partial charge on any atom is -0.352 e. The first kappa shape index (κ1) is 16.6. The van der Waals surface area contributed by atoms with Crippen LogP contribution >= 0.6 is 0 Å². The second-order valence-electron chi connectivity index (χ2n) is 6.86. The Balaban J connectivity index is 1.41. The third-order valence-electron chi connectivity index (χ3n) is 5.06. The van der Waals surface area contributed by atoms with Gasteiger partial charge in [-0.05, 0) is 30.7 Å². The predicted octanol–water partition coefficient (Wildman–Crippen LogP) is 2.17. The molecule has 0 atom stereocenters. The third kappa shape index (κ3) is 3.14. The molecule has 0 aliphatic carbocycles. The van der Waals surface area contributed by atoms with Gasteiger partial charge in [-0.3, -0.25) is 4.79 Å². The van der Waals surface area contributed by atoms with E-state index in [1.165, 1.54) is 0 Å². The zero-order chi connectivity index (χ0) is 18.1. The van der Waals surface area contributed by atoms with E-state index >= 15 is 0 Å². The number of anilines is 1. The van der Waals surface area contributed by atoms with Gasteiger partial charge in [0, 0.05) is 50.3 Å². The van der Waals surface area contributed by atoms with Crippen molar-refractivity contribution in [1.29, 1.82) is 0 Å². The quantitative estimate of drug-likeness (QED) is 0.727. The van der Waals surface area contributed by atoms with Crippen molar-refractivity contribution in [3.05, 3.63) is 53.9 Å². The maximum Gasteiger partial charge on any atom is 0.227 e. The van der Waals surface area contributed by atoms with Crippen LogP contribution in [0.15, 0.2) is 42.6 Å². The largest absolute Gasteiger partial charge is 0.352 e. The van der Waals surface area contributed by atoms with E-state index in [0.29, 0.717) is 6.42 Å². The van der Waals surface area contributed by atoms with Crippen molar-refractivity contribution in [3.63, 3.8) is 0 Å². The summed E-state index contributed by atoms with van der Waals surface area (Å²) in [7, 11) is 2.03. The van der Waals surface area contributed by atoms with Crippen LogP contribution in [0.25, 0.3) is 10.9 Å². The Morgan fingerprint density at radius 2 is 1.81 bits per heavy atom. The molecule has 0 spiro atoms. The Morgan fingerprint density at radius 1 is 1.04 bits per heavy atom. The van der Waals surface area contributed by atoms with Gasteiger partial charge in [-0.25, -0.2) is 0 Å². The maximum absolute atomic E-state index is 12.8. The molecule has 6 heteroatoms. The number of carbonyl (C=O) groups is 1. The summed E-state index contributed by atoms with van der Waals surface area (Å²) >= 11 is 0. The fourth-order valence-corrected chi connectivity index (χ4v) is 3.59. The highest BCUT2D eigenvalue weighted by atomic mass is 16.2. The summed E-state index contributed by atoms with van der Waals surface area (Å²) in [5, 5.41) is 9.53. The summed E-state index contributed by atoms with van der Waals surface area (Å²) in [6, 6.07) is 12.2. The van der Waals surface area contributed by atoms with Gasteiger partial charge in [-0.2, -0.15) is 5.10 Å². The summed E-state index contributed by atoms with van der Waals surface area (Å²) in [4.78, 5) is 16.9. The lowest BCUT2D eigenvalue weighted by Crippen LogP contribution is -2.49. The number of aromatic nitrogens is 3. The zero-order valence-electron chi connectivity index (χ0n) is 15.2. The summed E-state index contributed by atoms with van der Waals surface area (Å²) in [6.07, 6.45) is 2.52. The highest BCUT2D eigenvalue weighted by Gasteiger charge is 2.23. The van der Waals surface area contributed by atoms with Crippen LogP contribution in [0.3, 0.4) is 0 Å². The number of aryl methyl sites for hydroxylation is 2. The van der Waals surface area contributed by atoms with E-state index in [0.717, 1.165) is 54.2 Å². The Hall–Kier alpha value is -2.89. The number of para-hydroxylation sites is 1. The smallest absolute Gasteiger partial charge is 0.227 e. The Bertz CT molecular complexity index is 923. The minimum absolute atomic E-state index is 0.191. The number of nitrogens with zero attached hydrogens (tertiary/aromatic N) is 5. The first-order valence-corrected chi connectivity index (χ1v) is 8.98. The normalized spacial score (nSPS) is 14.8. The molecular formula is C20H23N5O. The summed E-state index contributed by atoms with van der Waals surface area (Å²) < 4.78 is 2.09. The van der Waals surface area contributed by atoms with Crippen LogP contribution in [0.4, 0.5) is 5.82 Å². The van der Waals surface area contributed by atoms with Gasteiger partial charge in [-0.1, -0.05) is 18.2 Å². The van der Waals surface area contributed by atoms with Gasteiger partial charge in [0.05, 0.1) is 12.1 Å². The van der Waals surface area contributed by atoms with Gasteiger partial charge >= 0.3 is 0 Å². The molecule has 1 aliphatic heterocycles. The standard InChI is InChI=1S/C20H23N5O/c1-15-7-8-19(22-21-15)24-9-11-25(12-10-24)20(26)13-16-14-23(2)18-6-4-3-5-17(16)18/h3-8,14H,9-13H2,1-2H3. The topological polar surface area (TPSA) is 54.3 Å². The molecule has 4 rings (SSSR count). The van der Waals surface area contributed by atoms with Crippen molar-refractivity contribution >= 4 is 22.6 Å². The van der Waals surface area contributed by atoms with Crippen molar-refractivity contribution in [2.45, 2.75) is 13.3 Å². The van der Waals surface area contributed by atoms with Gasteiger partial charge in [0.15, 0.2) is 5.82 Å². The molecule has 1 amide bonds. The van der Waals surface area contributed by atoms with Crippen LogP contribution in [-0.4, -0.2) is 51.8 Å². The van der Waals surface area contributed by atoms with E-state index in [1.807, 2.05) is 43.1 Å². The Labute approximate surface area is 153 Å². The maximum atomic E-state index is 12.8. The van der Waals surface area contributed by atoms with E-state index in [1.54, 1.807) is 0 Å². The lowest BCUT2D eigenvalue weighted by molar-refractivity contribution is -0.130. The molecule has 6 nitrogen and oxygen atoms in total. The summed E-state index contributed by atoms with van der Waals surface area (Å²) in [5.74, 6) is 1.08. The molecule has 0 saturated carbocycles. The first-order valence-electron chi connectivity index (χ1n) is 8.98. The number of carbonyl (C=O) groups excluding carboxylic acids is 1. The molecule has 1 aromatic carbocycles. The average Bonchev–Trinajstić information content (AvgIpc) is 2.98. The number of piperazine rings is 1. The monoisotopic (exact) mass is 349 g/mol. The highest BCUT2D eigenvalue weighted by molar-refractivity contribution is 5.89. The van der Waals surface area contributed by atoms with E-state index in [-0.39, 0.29) is 5.91 Å². The molecule has 1 saturated heterocycles. The van der Waals surface area contributed by atoms with E-state index in [4.69, 9.17) is 0 Å². The van der Waals surface area contributed by atoms with Gasteiger partial charge in [-0.15, -0.1) is 5.10 Å². The van der Waals surface area contributed by atoms with E-state index in [2.05, 4.69) is 38.0 Å². The summed E-state index contributed by atoms with van der Waals surface area (Å²) in [5.41, 5.74) is 3.18. The predicted molar refractivity (Wildman–Crippen MR) is 102 cm³/mol. The fourth-order valence-electron chi connectivity index (χ4n) is 3.59. The lowest BCUT2D eigenvalue weighted by Gasteiger charge is -2.35. The number of hydrogen-bond donors (Lipinski definition) is 0. The molecule has 0 unspecified atom stereocenters. The average molecular weight is 349 g/mol. The fraction of sp³-hybridized carbons (Fsp3) is 0.350. The molecular weight excluding hydrogens is 326 g/mol. The Kier molecular flexibility index (Phi) is 4.32. The van der Waals surface area contributed by atoms with E-state index < -0.39 is 0 Å². The van der Waals surface area contributed by atoms with Gasteiger partial charge in [0.2, 0.25) is 5.91 Å². The second-order valence-corrected chi connectivity index (χ2v) is 6.86.